The van der Waals surface area contributed by atoms with Crippen LogP contribution in [0.15, 0.2) is 24.8 Å². The number of allylic oxidation sites excluding steroid dienone is 2. The Labute approximate surface area is 202 Å². The lowest BCUT2D eigenvalue weighted by Gasteiger charge is -2.28. The van der Waals surface area contributed by atoms with Crippen molar-refractivity contribution in [2.24, 2.45) is 11.8 Å². The van der Waals surface area contributed by atoms with Gasteiger partial charge in [0, 0.05) is 12.5 Å². The fraction of sp³-hybridized carbons (Fsp3) is 0.867. The molecule has 2 heteroatoms. The second-order valence-electron chi connectivity index (χ2n) is 9.63. The van der Waals surface area contributed by atoms with Crippen molar-refractivity contribution < 1.29 is 9.47 Å². The Morgan fingerprint density at radius 1 is 0.750 bits per heavy atom. The summed E-state index contributed by atoms with van der Waals surface area (Å²) < 4.78 is 12.1. The summed E-state index contributed by atoms with van der Waals surface area (Å²) in [5.41, 5.74) is 0. The van der Waals surface area contributed by atoms with Gasteiger partial charge in [-0.3, -0.25) is 0 Å². The zero-order chi connectivity index (χ0) is 23.7. The van der Waals surface area contributed by atoms with Crippen LogP contribution in [0.25, 0.3) is 0 Å². The highest BCUT2D eigenvalue weighted by molar-refractivity contribution is 4.81. The Hall–Kier alpha value is -0.600. The van der Waals surface area contributed by atoms with Crippen LogP contribution >= 0.6 is 0 Å². The van der Waals surface area contributed by atoms with Gasteiger partial charge in [-0.05, 0) is 58.3 Å². The minimum atomic E-state index is 0.272. The van der Waals surface area contributed by atoms with E-state index in [4.69, 9.17) is 9.47 Å². The fourth-order valence-corrected chi connectivity index (χ4v) is 4.52. The zero-order valence-electron chi connectivity index (χ0n) is 22.4. The molecule has 0 radical (unpaired) electrons. The fourth-order valence-electron chi connectivity index (χ4n) is 4.52. The third-order valence-corrected chi connectivity index (χ3v) is 6.61. The molecule has 0 bridgehead atoms. The van der Waals surface area contributed by atoms with E-state index in [0.29, 0.717) is 5.92 Å². The predicted molar refractivity (Wildman–Crippen MR) is 143 cm³/mol. The minimum absolute atomic E-state index is 0.272. The van der Waals surface area contributed by atoms with Gasteiger partial charge >= 0.3 is 0 Å². The monoisotopic (exact) mass is 450 g/mol. The Balaban J connectivity index is 4.22. The molecular weight excluding hydrogens is 392 g/mol. The van der Waals surface area contributed by atoms with Crippen molar-refractivity contribution in [2.75, 3.05) is 19.8 Å². The first-order chi connectivity index (χ1) is 15.7. The molecule has 2 nitrogen and oxygen atoms in total. The molecule has 0 aliphatic heterocycles. The number of hydrogen-bond acceptors (Lipinski definition) is 2. The summed E-state index contributed by atoms with van der Waals surface area (Å²) in [5.74, 6) is 1.31. The SMILES string of the molecule is C=CCCCCCC(CCC)CC(COCC)C(C)OCCC=CCCCCCCCC. The molecule has 0 aliphatic rings. The van der Waals surface area contributed by atoms with Crippen LogP contribution in [0.1, 0.15) is 130 Å². The molecule has 0 saturated heterocycles. The summed E-state index contributed by atoms with van der Waals surface area (Å²) in [6.45, 7) is 15.3. The molecule has 3 unspecified atom stereocenters. The maximum Gasteiger partial charge on any atom is 0.0597 e. The van der Waals surface area contributed by atoms with Gasteiger partial charge < -0.3 is 9.47 Å². The first-order valence-corrected chi connectivity index (χ1v) is 14.1. The van der Waals surface area contributed by atoms with Crippen LogP contribution in [0.2, 0.25) is 0 Å². The van der Waals surface area contributed by atoms with Gasteiger partial charge in [-0.2, -0.15) is 0 Å². The summed E-state index contributed by atoms with van der Waals surface area (Å²) in [6, 6.07) is 0. The van der Waals surface area contributed by atoms with E-state index in [1.54, 1.807) is 0 Å². The van der Waals surface area contributed by atoms with E-state index in [2.05, 4.69) is 46.4 Å². The number of unbranched alkanes of at least 4 members (excludes halogenated alkanes) is 9. The van der Waals surface area contributed by atoms with Crippen LogP contribution in [0, 0.1) is 11.8 Å². The van der Waals surface area contributed by atoms with Crippen molar-refractivity contribution in [3.8, 4) is 0 Å². The van der Waals surface area contributed by atoms with Crippen molar-refractivity contribution in [1.29, 1.82) is 0 Å². The second-order valence-corrected chi connectivity index (χ2v) is 9.63. The highest BCUT2D eigenvalue weighted by Crippen LogP contribution is 2.27. The van der Waals surface area contributed by atoms with Gasteiger partial charge in [0.1, 0.15) is 0 Å². The molecule has 0 aliphatic carbocycles. The van der Waals surface area contributed by atoms with Crippen molar-refractivity contribution >= 4 is 0 Å². The maximum atomic E-state index is 6.27. The quantitative estimate of drug-likeness (QED) is 0.102. The summed E-state index contributed by atoms with van der Waals surface area (Å²) in [6.07, 6.45) is 27.8. The van der Waals surface area contributed by atoms with Gasteiger partial charge in [0.05, 0.1) is 19.3 Å². The lowest BCUT2D eigenvalue weighted by atomic mass is 9.85. The Kier molecular flexibility index (Phi) is 24.6. The van der Waals surface area contributed by atoms with Crippen LogP contribution in [0.4, 0.5) is 0 Å². The number of rotatable bonds is 25. The highest BCUT2D eigenvalue weighted by Gasteiger charge is 2.22. The topological polar surface area (TPSA) is 18.5 Å². The molecule has 0 spiro atoms. The van der Waals surface area contributed by atoms with Gasteiger partial charge in [0.15, 0.2) is 0 Å². The molecule has 0 aromatic heterocycles. The van der Waals surface area contributed by atoms with Gasteiger partial charge in [-0.25, -0.2) is 0 Å². The zero-order valence-corrected chi connectivity index (χ0v) is 22.4. The molecular formula is C30H58O2. The Morgan fingerprint density at radius 2 is 1.44 bits per heavy atom. The lowest BCUT2D eigenvalue weighted by molar-refractivity contribution is -0.0187. The normalized spacial score (nSPS) is 14.6. The van der Waals surface area contributed by atoms with Crippen molar-refractivity contribution in [1.82, 2.24) is 0 Å². The third-order valence-electron chi connectivity index (χ3n) is 6.61. The average Bonchev–Trinajstić information content (AvgIpc) is 2.79. The van der Waals surface area contributed by atoms with Gasteiger partial charge in [0.25, 0.3) is 0 Å². The van der Waals surface area contributed by atoms with E-state index in [1.807, 2.05) is 6.08 Å². The summed E-state index contributed by atoms with van der Waals surface area (Å²) in [5, 5.41) is 0. The predicted octanol–water partition coefficient (Wildman–Crippen LogP) is 9.68. The smallest absolute Gasteiger partial charge is 0.0597 e. The largest absolute Gasteiger partial charge is 0.381 e. The van der Waals surface area contributed by atoms with Crippen molar-refractivity contribution in [3.05, 3.63) is 24.8 Å². The highest BCUT2D eigenvalue weighted by atomic mass is 16.5. The van der Waals surface area contributed by atoms with Crippen LogP contribution in [-0.4, -0.2) is 25.9 Å². The summed E-state index contributed by atoms with van der Waals surface area (Å²) in [7, 11) is 0. The molecule has 32 heavy (non-hydrogen) atoms. The molecule has 0 N–H and O–H groups in total. The van der Waals surface area contributed by atoms with Crippen molar-refractivity contribution in [3.63, 3.8) is 0 Å². The van der Waals surface area contributed by atoms with Crippen molar-refractivity contribution in [2.45, 2.75) is 137 Å². The molecule has 190 valence electrons. The number of hydrogen-bond donors (Lipinski definition) is 0. The molecule has 0 aromatic rings. The number of ether oxygens (including phenoxy) is 2. The Bertz CT molecular complexity index is 404. The molecule has 0 aromatic carbocycles. The standard InChI is InChI=1S/C30H58O2/c1-6-10-12-14-15-16-17-18-20-22-25-32-28(5)30(27-31-9-4)26-29(23-8-3)24-21-19-13-11-7-2/h7,18,20,28-30H,2,6,8-17,19,21-27H2,1,3-5H3. The summed E-state index contributed by atoms with van der Waals surface area (Å²) >= 11 is 0. The first kappa shape index (κ1) is 31.4. The van der Waals surface area contributed by atoms with Gasteiger partial charge in [0.2, 0.25) is 0 Å². The van der Waals surface area contributed by atoms with E-state index in [0.717, 1.165) is 38.6 Å². The van der Waals surface area contributed by atoms with Crippen LogP contribution in [0.5, 0.6) is 0 Å². The van der Waals surface area contributed by atoms with E-state index in [-0.39, 0.29) is 6.10 Å². The molecule has 3 atom stereocenters. The first-order valence-electron chi connectivity index (χ1n) is 14.1. The third kappa shape index (κ3) is 20.0. The second kappa shape index (κ2) is 25.0. The lowest BCUT2D eigenvalue weighted by Crippen LogP contribution is -2.28. The van der Waals surface area contributed by atoms with Crippen LogP contribution in [0.3, 0.4) is 0 Å². The molecule has 0 fully saturated rings. The van der Waals surface area contributed by atoms with Crippen LogP contribution in [-0.2, 0) is 9.47 Å². The Morgan fingerprint density at radius 3 is 2.16 bits per heavy atom. The average molecular weight is 451 g/mol. The van der Waals surface area contributed by atoms with Gasteiger partial charge in [-0.1, -0.05) is 96.3 Å². The van der Waals surface area contributed by atoms with E-state index < -0.39 is 0 Å². The van der Waals surface area contributed by atoms with E-state index >= 15 is 0 Å². The molecule has 0 saturated carbocycles. The maximum absolute atomic E-state index is 6.27. The van der Waals surface area contributed by atoms with E-state index in [9.17, 15) is 0 Å². The van der Waals surface area contributed by atoms with Crippen LogP contribution < -0.4 is 0 Å². The summed E-state index contributed by atoms with van der Waals surface area (Å²) in [4.78, 5) is 0. The molecule has 0 heterocycles. The molecule has 0 amide bonds. The van der Waals surface area contributed by atoms with Gasteiger partial charge in [-0.15, -0.1) is 6.58 Å². The minimum Gasteiger partial charge on any atom is -0.381 e. The molecule has 0 rings (SSSR count). The van der Waals surface area contributed by atoms with E-state index in [1.165, 1.54) is 89.9 Å².